The number of H-pyrrole nitrogens is 2. The molecule has 3 aromatic rings. The zero-order chi connectivity index (χ0) is 17.8. The molecule has 2 aliphatic rings. The fraction of sp³-hybridized carbons (Fsp3) is 0.438. The molecule has 9 nitrogen and oxygen atoms in total. The van der Waals surface area contributed by atoms with Crippen LogP contribution in [0.25, 0.3) is 11.0 Å². The Hall–Kier alpha value is -3.04. The summed E-state index contributed by atoms with van der Waals surface area (Å²) in [7, 11) is 0. The topological polar surface area (TPSA) is 107 Å². The van der Waals surface area contributed by atoms with E-state index in [1.165, 1.54) is 6.92 Å². The quantitative estimate of drug-likeness (QED) is 0.687. The van der Waals surface area contributed by atoms with Crippen LogP contribution in [0.4, 0.5) is 16.2 Å². The number of rotatable bonds is 2. The molecule has 2 saturated heterocycles. The summed E-state index contributed by atoms with van der Waals surface area (Å²) in [4.78, 5) is 31.3. The summed E-state index contributed by atoms with van der Waals surface area (Å²) >= 11 is 0. The van der Waals surface area contributed by atoms with Crippen LogP contribution < -0.4 is 15.4 Å². The van der Waals surface area contributed by atoms with Crippen molar-refractivity contribution in [1.82, 2.24) is 30.1 Å². The van der Waals surface area contributed by atoms with E-state index in [1.54, 1.807) is 12.5 Å². The lowest BCUT2D eigenvalue weighted by Gasteiger charge is -2.23. The van der Waals surface area contributed by atoms with Crippen molar-refractivity contribution in [1.29, 1.82) is 0 Å². The van der Waals surface area contributed by atoms with E-state index < -0.39 is 11.4 Å². The van der Waals surface area contributed by atoms with Gasteiger partial charge < -0.3 is 9.80 Å². The van der Waals surface area contributed by atoms with Gasteiger partial charge in [-0.1, -0.05) is 0 Å². The van der Waals surface area contributed by atoms with Crippen molar-refractivity contribution in [2.24, 2.45) is 11.8 Å². The molecule has 0 spiro atoms. The summed E-state index contributed by atoms with van der Waals surface area (Å²) < 4.78 is 13.5. The number of aromatic nitrogens is 6. The van der Waals surface area contributed by atoms with Crippen molar-refractivity contribution in [2.45, 2.75) is 6.92 Å². The minimum atomic E-state index is -0.813. The number of halogens is 1. The molecule has 2 fully saturated rings. The van der Waals surface area contributed by atoms with Crippen molar-refractivity contribution in [3.8, 4) is 0 Å². The van der Waals surface area contributed by atoms with Crippen molar-refractivity contribution in [2.75, 3.05) is 36.0 Å². The van der Waals surface area contributed by atoms with Crippen LogP contribution in [0.5, 0.6) is 0 Å². The SMILES string of the molecule is Cc1nc(N2CC3CN(c4ncnc5[nH]ncc45)CC3C2)[nH]c(=O)c1F. The molecule has 3 aromatic heterocycles. The molecule has 2 aliphatic heterocycles. The lowest BCUT2D eigenvalue weighted by atomic mass is 10.0. The van der Waals surface area contributed by atoms with Crippen molar-refractivity contribution in [3.63, 3.8) is 0 Å². The van der Waals surface area contributed by atoms with Gasteiger partial charge in [-0.05, 0) is 6.92 Å². The van der Waals surface area contributed by atoms with Gasteiger partial charge in [-0.2, -0.15) is 9.49 Å². The van der Waals surface area contributed by atoms with E-state index in [0.29, 0.717) is 17.8 Å². The Balaban J connectivity index is 1.37. The van der Waals surface area contributed by atoms with Gasteiger partial charge in [0.05, 0.1) is 17.3 Å². The first-order valence-electron chi connectivity index (χ1n) is 8.50. The highest BCUT2D eigenvalue weighted by atomic mass is 19.1. The number of aromatic amines is 2. The van der Waals surface area contributed by atoms with Crippen LogP contribution in [0.15, 0.2) is 17.3 Å². The average Bonchev–Trinajstić information content (AvgIpc) is 3.32. The number of anilines is 2. The summed E-state index contributed by atoms with van der Waals surface area (Å²) in [6.07, 6.45) is 3.30. The molecule has 26 heavy (non-hydrogen) atoms. The molecule has 2 unspecified atom stereocenters. The third-order valence-corrected chi connectivity index (χ3v) is 5.33. The van der Waals surface area contributed by atoms with Crippen molar-refractivity contribution < 1.29 is 4.39 Å². The van der Waals surface area contributed by atoms with Crippen LogP contribution in [-0.2, 0) is 0 Å². The molecule has 5 heterocycles. The number of hydrogen-bond acceptors (Lipinski definition) is 7. The van der Waals surface area contributed by atoms with E-state index in [4.69, 9.17) is 0 Å². The number of nitrogens with one attached hydrogen (secondary N) is 2. The van der Waals surface area contributed by atoms with Crippen LogP contribution in [0.1, 0.15) is 5.69 Å². The molecule has 0 saturated carbocycles. The Bertz CT molecular complexity index is 1030. The van der Waals surface area contributed by atoms with Crippen molar-refractivity contribution >= 4 is 22.8 Å². The van der Waals surface area contributed by atoms with Gasteiger partial charge in [0, 0.05) is 38.0 Å². The second kappa shape index (κ2) is 5.48. The standard InChI is InChI=1S/C16H17FN8O/c1-8-12(17)15(26)22-16(21-8)25-5-9-3-24(4-10(9)6-25)14-11-2-20-23-13(11)18-7-19-14/h2,7,9-10H,3-6H2,1H3,(H,21,22,26)(H,18,19,20,23). The van der Waals surface area contributed by atoms with Gasteiger partial charge in [-0.15, -0.1) is 0 Å². The summed E-state index contributed by atoms with van der Waals surface area (Å²) in [6, 6.07) is 0. The Morgan fingerprint density at radius 3 is 2.62 bits per heavy atom. The molecule has 0 aliphatic carbocycles. The normalized spacial score (nSPS) is 22.4. The van der Waals surface area contributed by atoms with Gasteiger partial charge in [-0.25, -0.2) is 15.0 Å². The smallest absolute Gasteiger partial charge is 0.288 e. The van der Waals surface area contributed by atoms with Gasteiger partial charge in [0.1, 0.15) is 12.1 Å². The van der Waals surface area contributed by atoms with Gasteiger partial charge in [0.15, 0.2) is 5.65 Å². The maximum Gasteiger partial charge on any atom is 0.288 e. The second-order valence-corrected chi connectivity index (χ2v) is 6.95. The maximum atomic E-state index is 13.5. The predicted octanol–water partition coefficient (Wildman–Crippen LogP) is 0.456. The first-order valence-corrected chi connectivity index (χ1v) is 8.50. The second-order valence-electron chi connectivity index (χ2n) is 6.95. The van der Waals surface area contributed by atoms with Crippen molar-refractivity contribution in [3.05, 3.63) is 34.4 Å². The number of fused-ring (bicyclic) bond motifs is 2. The highest BCUT2D eigenvalue weighted by Crippen LogP contribution is 2.36. The zero-order valence-corrected chi connectivity index (χ0v) is 14.1. The Kier molecular flexibility index (Phi) is 3.21. The number of aryl methyl sites for hydroxylation is 1. The molecule has 2 N–H and O–H groups in total. The van der Waals surface area contributed by atoms with E-state index in [9.17, 15) is 9.18 Å². The monoisotopic (exact) mass is 356 g/mol. The van der Waals surface area contributed by atoms with Crippen LogP contribution in [-0.4, -0.2) is 56.3 Å². The van der Waals surface area contributed by atoms with Crippen LogP contribution >= 0.6 is 0 Å². The van der Waals surface area contributed by atoms with Gasteiger partial charge in [0.2, 0.25) is 11.8 Å². The number of hydrogen-bond donors (Lipinski definition) is 2. The summed E-state index contributed by atoms with van der Waals surface area (Å²) in [5.41, 5.74) is 0.151. The highest BCUT2D eigenvalue weighted by molar-refractivity contribution is 5.86. The van der Waals surface area contributed by atoms with Gasteiger partial charge in [-0.3, -0.25) is 14.9 Å². The fourth-order valence-electron chi connectivity index (χ4n) is 4.05. The molecule has 0 aromatic carbocycles. The van der Waals surface area contributed by atoms with E-state index in [-0.39, 0.29) is 5.69 Å². The Labute approximate surface area is 147 Å². The Morgan fingerprint density at radius 1 is 1.15 bits per heavy atom. The lowest BCUT2D eigenvalue weighted by molar-refractivity contribution is 0.533. The zero-order valence-electron chi connectivity index (χ0n) is 14.1. The fourth-order valence-corrected chi connectivity index (χ4v) is 4.05. The summed E-state index contributed by atoms with van der Waals surface area (Å²) in [5.74, 6) is 1.40. The molecule has 2 atom stereocenters. The minimum Gasteiger partial charge on any atom is -0.355 e. The van der Waals surface area contributed by atoms with E-state index in [0.717, 1.165) is 43.0 Å². The maximum absolute atomic E-state index is 13.5. The highest BCUT2D eigenvalue weighted by Gasteiger charge is 2.41. The molecule has 0 bridgehead atoms. The van der Waals surface area contributed by atoms with E-state index in [1.807, 2.05) is 4.90 Å². The van der Waals surface area contributed by atoms with Gasteiger partial charge in [0.25, 0.3) is 5.56 Å². The first-order chi connectivity index (χ1) is 12.6. The van der Waals surface area contributed by atoms with Crippen LogP contribution in [0.2, 0.25) is 0 Å². The van der Waals surface area contributed by atoms with Crippen LogP contribution in [0, 0.1) is 24.6 Å². The molecule has 10 heteroatoms. The molecule has 0 radical (unpaired) electrons. The van der Waals surface area contributed by atoms with Gasteiger partial charge >= 0.3 is 0 Å². The molecule has 134 valence electrons. The van der Waals surface area contributed by atoms with Crippen LogP contribution in [0.3, 0.4) is 0 Å². The predicted molar refractivity (Wildman–Crippen MR) is 92.6 cm³/mol. The molecule has 5 rings (SSSR count). The average molecular weight is 356 g/mol. The molecular weight excluding hydrogens is 339 g/mol. The molecule has 0 amide bonds. The first kappa shape index (κ1) is 15.2. The van der Waals surface area contributed by atoms with E-state index in [2.05, 4.69) is 35.0 Å². The molecular formula is C16H17FN8O. The third kappa shape index (κ3) is 2.25. The largest absolute Gasteiger partial charge is 0.355 e. The minimum absolute atomic E-state index is 0.130. The third-order valence-electron chi connectivity index (χ3n) is 5.33. The summed E-state index contributed by atoms with van der Waals surface area (Å²) in [5, 5.41) is 7.84. The summed E-state index contributed by atoms with van der Waals surface area (Å²) in [6.45, 7) is 4.79. The lowest BCUT2D eigenvalue weighted by Crippen LogP contribution is -2.32. The van der Waals surface area contributed by atoms with E-state index >= 15 is 0 Å². The number of nitrogens with zero attached hydrogens (tertiary/aromatic N) is 6. The Morgan fingerprint density at radius 2 is 1.88 bits per heavy atom.